The molecule has 0 fully saturated rings. The smallest absolute Gasteiger partial charge is 0.166 e. The minimum atomic E-state index is 0.435. The summed E-state index contributed by atoms with van der Waals surface area (Å²) < 4.78 is 1.26. The van der Waals surface area contributed by atoms with Gasteiger partial charge in [-0.1, -0.05) is 43.0 Å². The number of H-pyrrole nitrogens is 1. The number of imidazole rings is 1. The molecule has 3 rings (SSSR count). The molecule has 0 saturated heterocycles. The van der Waals surface area contributed by atoms with E-state index < -0.39 is 0 Å². The molecule has 0 spiro atoms. The second-order valence-corrected chi connectivity index (χ2v) is 8.21. The molecule has 120 valence electrons. The quantitative estimate of drug-likeness (QED) is 0.430. The van der Waals surface area contributed by atoms with E-state index in [1.807, 2.05) is 30.5 Å². The predicted molar refractivity (Wildman–Crippen MR) is 107 cm³/mol. The first kappa shape index (κ1) is 17.1. The number of nitriles is 1. The maximum absolute atomic E-state index is 8.86. The highest BCUT2D eigenvalue weighted by Crippen LogP contribution is 2.26. The van der Waals surface area contributed by atoms with Crippen molar-refractivity contribution >= 4 is 34.4 Å². The van der Waals surface area contributed by atoms with Crippen molar-refractivity contribution in [1.29, 1.82) is 5.26 Å². The summed E-state index contributed by atoms with van der Waals surface area (Å²) >= 11 is 4.07. The van der Waals surface area contributed by atoms with Gasteiger partial charge in [-0.2, -0.15) is 5.26 Å². The number of hydrogen-bond donors (Lipinski definition) is 1. The van der Waals surface area contributed by atoms with Gasteiger partial charge >= 0.3 is 0 Å². The maximum atomic E-state index is 8.86. The summed E-state index contributed by atoms with van der Waals surface area (Å²) in [5.74, 6) is 0. The van der Waals surface area contributed by atoms with Crippen molar-refractivity contribution in [2.24, 2.45) is 0 Å². The Balaban J connectivity index is 1.64. The third-order valence-electron chi connectivity index (χ3n) is 3.61. The van der Waals surface area contributed by atoms with Gasteiger partial charge < -0.3 is 4.98 Å². The van der Waals surface area contributed by atoms with Gasteiger partial charge in [0.25, 0.3) is 0 Å². The van der Waals surface area contributed by atoms with Gasteiger partial charge in [-0.25, -0.2) is 4.98 Å². The van der Waals surface area contributed by atoms with Crippen LogP contribution in [-0.4, -0.2) is 15.2 Å². The lowest BCUT2D eigenvalue weighted by molar-refractivity contribution is 0.927. The highest BCUT2D eigenvalue weighted by Gasteiger charge is 2.10. The molecule has 2 aromatic carbocycles. The standard InChI is InChI=1S/C19H16IN3S/c1-13(10-14-4-8-17(20)9-5-14)24-19-22-12-18(23-19)16-6-2-15(11-21)3-7-16/h2-9,12-13H,10H2,1H3,(H,22,23). The van der Waals surface area contributed by atoms with Gasteiger partial charge in [0.2, 0.25) is 0 Å². The highest BCUT2D eigenvalue weighted by molar-refractivity contribution is 14.1. The molecule has 0 saturated carbocycles. The Kier molecular flexibility index (Phi) is 5.59. The zero-order chi connectivity index (χ0) is 16.9. The topological polar surface area (TPSA) is 52.5 Å². The van der Waals surface area contributed by atoms with Crippen LogP contribution in [0.5, 0.6) is 0 Å². The number of thioether (sulfide) groups is 1. The number of aromatic amines is 1. The van der Waals surface area contributed by atoms with Crippen molar-refractivity contribution in [3.8, 4) is 17.3 Å². The second-order valence-electron chi connectivity index (χ2n) is 5.54. The van der Waals surface area contributed by atoms with Crippen LogP contribution < -0.4 is 0 Å². The van der Waals surface area contributed by atoms with E-state index in [0.29, 0.717) is 10.8 Å². The van der Waals surface area contributed by atoms with Crippen LogP contribution in [0.25, 0.3) is 11.3 Å². The van der Waals surface area contributed by atoms with E-state index in [9.17, 15) is 0 Å². The van der Waals surface area contributed by atoms with Crippen LogP contribution in [0.4, 0.5) is 0 Å². The molecule has 0 radical (unpaired) electrons. The second kappa shape index (κ2) is 7.86. The van der Waals surface area contributed by atoms with Crippen LogP contribution in [0, 0.1) is 14.9 Å². The molecule has 5 heteroatoms. The summed E-state index contributed by atoms with van der Waals surface area (Å²) in [6.45, 7) is 2.21. The van der Waals surface area contributed by atoms with E-state index in [-0.39, 0.29) is 0 Å². The molecular weight excluding hydrogens is 429 g/mol. The van der Waals surface area contributed by atoms with Gasteiger partial charge in [0, 0.05) is 20.6 Å². The number of hydrogen-bond acceptors (Lipinski definition) is 3. The molecule has 3 aromatic rings. The van der Waals surface area contributed by atoms with E-state index in [2.05, 4.69) is 69.8 Å². The number of nitrogens with zero attached hydrogens (tertiary/aromatic N) is 2. The van der Waals surface area contributed by atoms with Crippen LogP contribution in [0.2, 0.25) is 0 Å². The number of nitrogens with one attached hydrogen (secondary N) is 1. The van der Waals surface area contributed by atoms with Crippen LogP contribution in [0.3, 0.4) is 0 Å². The fourth-order valence-corrected chi connectivity index (χ4v) is 3.71. The Morgan fingerprint density at radius 2 is 1.88 bits per heavy atom. The lowest BCUT2D eigenvalue weighted by Gasteiger charge is -2.09. The zero-order valence-electron chi connectivity index (χ0n) is 13.2. The van der Waals surface area contributed by atoms with Gasteiger partial charge in [-0.05, 0) is 58.8 Å². The highest BCUT2D eigenvalue weighted by atomic mass is 127. The van der Waals surface area contributed by atoms with Crippen molar-refractivity contribution in [3.05, 3.63) is 69.4 Å². The first-order chi connectivity index (χ1) is 11.6. The Morgan fingerprint density at radius 3 is 2.54 bits per heavy atom. The Labute approximate surface area is 159 Å². The van der Waals surface area contributed by atoms with Crippen LogP contribution in [0.15, 0.2) is 59.9 Å². The number of rotatable bonds is 5. The van der Waals surface area contributed by atoms with Gasteiger partial charge in [-0.15, -0.1) is 0 Å². The Hall–Kier alpha value is -1.78. The van der Waals surface area contributed by atoms with Crippen molar-refractivity contribution < 1.29 is 0 Å². The first-order valence-electron chi connectivity index (χ1n) is 7.61. The van der Waals surface area contributed by atoms with E-state index >= 15 is 0 Å². The summed E-state index contributed by atoms with van der Waals surface area (Å²) in [6.07, 6.45) is 2.93. The van der Waals surface area contributed by atoms with Crippen molar-refractivity contribution in [3.63, 3.8) is 0 Å². The summed E-state index contributed by atoms with van der Waals surface area (Å²) in [6, 6.07) is 18.3. The van der Waals surface area contributed by atoms with Gasteiger partial charge in [-0.3, -0.25) is 0 Å². The predicted octanol–water partition coefficient (Wildman–Crippen LogP) is 5.28. The molecule has 0 aliphatic carbocycles. The van der Waals surface area contributed by atoms with E-state index in [1.54, 1.807) is 11.8 Å². The summed E-state index contributed by atoms with van der Waals surface area (Å²) in [7, 11) is 0. The van der Waals surface area contributed by atoms with Crippen molar-refractivity contribution in [2.45, 2.75) is 23.8 Å². The van der Waals surface area contributed by atoms with Crippen molar-refractivity contribution in [1.82, 2.24) is 9.97 Å². The molecule has 1 heterocycles. The lowest BCUT2D eigenvalue weighted by atomic mass is 10.1. The van der Waals surface area contributed by atoms with Gasteiger partial charge in [0.15, 0.2) is 5.16 Å². The van der Waals surface area contributed by atoms with Crippen LogP contribution in [-0.2, 0) is 6.42 Å². The minimum absolute atomic E-state index is 0.435. The molecule has 1 atom stereocenters. The van der Waals surface area contributed by atoms with E-state index in [4.69, 9.17) is 5.26 Å². The third kappa shape index (κ3) is 4.40. The normalized spacial score (nSPS) is 11.9. The van der Waals surface area contributed by atoms with Gasteiger partial charge in [0.05, 0.1) is 17.3 Å². The minimum Gasteiger partial charge on any atom is -0.339 e. The molecule has 0 amide bonds. The number of halogens is 1. The number of aromatic nitrogens is 2. The third-order valence-corrected chi connectivity index (χ3v) is 5.33. The first-order valence-corrected chi connectivity index (χ1v) is 9.57. The van der Waals surface area contributed by atoms with E-state index in [0.717, 1.165) is 22.8 Å². The molecule has 0 bridgehead atoms. The van der Waals surface area contributed by atoms with Gasteiger partial charge in [0.1, 0.15) is 0 Å². The molecule has 0 aliphatic heterocycles. The van der Waals surface area contributed by atoms with E-state index in [1.165, 1.54) is 9.13 Å². The van der Waals surface area contributed by atoms with Crippen LogP contribution in [0.1, 0.15) is 18.1 Å². The molecular formula is C19H16IN3S. The number of benzene rings is 2. The maximum Gasteiger partial charge on any atom is 0.166 e. The molecule has 0 aliphatic rings. The molecule has 24 heavy (non-hydrogen) atoms. The van der Waals surface area contributed by atoms with Crippen molar-refractivity contribution in [2.75, 3.05) is 0 Å². The largest absolute Gasteiger partial charge is 0.339 e. The average molecular weight is 445 g/mol. The average Bonchev–Trinajstić information content (AvgIpc) is 3.05. The molecule has 1 unspecified atom stereocenters. The van der Waals surface area contributed by atoms with Crippen LogP contribution >= 0.6 is 34.4 Å². The zero-order valence-corrected chi connectivity index (χ0v) is 16.1. The summed E-state index contributed by atoms with van der Waals surface area (Å²) in [5, 5.41) is 10.2. The Morgan fingerprint density at radius 1 is 1.17 bits per heavy atom. The molecule has 1 N–H and O–H groups in total. The fourth-order valence-electron chi connectivity index (χ4n) is 2.41. The monoisotopic (exact) mass is 445 g/mol. The lowest BCUT2D eigenvalue weighted by Crippen LogP contribution is -2.01. The molecule has 3 nitrogen and oxygen atoms in total. The Bertz CT molecular complexity index is 848. The fraction of sp³-hybridized carbons (Fsp3) is 0.158. The molecule has 1 aromatic heterocycles. The SMILES string of the molecule is CC(Cc1ccc(I)cc1)Sc1nc(-c2ccc(C#N)cc2)c[nH]1. The summed E-state index contributed by atoms with van der Waals surface area (Å²) in [4.78, 5) is 7.90. The summed E-state index contributed by atoms with van der Waals surface area (Å²) in [5.41, 5.74) is 3.93.